The molecule has 2 saturated heterocycles. The molecule has 3 fully saturated rings. The van der Waals surface area contributed by atoms with Gasteiger partial charge in [0.25, 0.3) is 0 Å². The zero-order valence-corrected chi connectivity index (χ0v) is 66.0. The Morgan fingerprint density at radius 2 is 0.798 bits per heavy atom. The highest BCUT2D eigenvalue weighted by Gasteiger charge is 2.44. The van der Waals surface area contributed by atoms with E-state index in [2.05, 4.69) is 67.5 Å². The number of nitrogens with one attached hydrogen (secondary N) is 7. The van der Waals surface area contributed by atoms with Crippen molar-refractivity contribution in [2.45, 2.75) is 224 Å². The lowest BCUT2D eigenvalue weighted by Crippen LogP contribution is -2.48. The summed E-state index contributed by atoms with van der Waals surface area (Å²) in [5.74, 6) is -2.68. The number of likely N-dealkylation sites (tertiary alicyclic amines) is 2. The molecule has 9 atom stereocenters. The van der Waals surface area contributed by atoms with Crippen molar-refractivity contribution in [3.63, 3.8) is 0 Å². The number of carbonyl (C=O) groups is 11. The van der Waals surface area contributed by atoms with Gasteiger partial charge in [-0.15, -0.1) is 0 Å². The number of nitrogens with two attached hydrogens (primary N) is 1. The van der Waals surface area contributed by atoms with Crippen molar-refractivity contribution in [3.05, 3.63) is 214 Å². The highest BCUT2D eigenvalue weighted by atomic mass is 16.6. The monoisotopic (exact) mass is 1570 g/mol. The molecule has 10 N–H and O–H groups in total. The van der Waals surface area contributed by atoms with Gasteiger partial charge >= 0.3 is 36.3 Å². The molecule has 0 radical (unpaired) electrons. The van der Waals surface area contributed by atoms with Gasteiger partial charge in [-0.05, 0) is 182 Å². The van der Waals surface area contributed by atoms with Gasteiger partial charge in [-0.25, -0.2) is 19.2 Å². The van der Waals surface area contributed by atoms with E-state index in [9.17, 15) is 52.7 Å². The van der Waals surface area contributed by atoms with Crippen LogP contribution in [0.4, 0.5) is 19.2 Å². The Hall–Kier alpha value is -11.4. The number of carbonyl (C=O) groups excluding carboxylic acids is 10. The van der Waals surface area contributed by atoms with Crippen LogP contribution in [0.5, 0.6) is 0 Å². The lowest BCUT2D eigenvalue weighted by Gasteiger charge is -2.31. The molecule has 4 aliphatic carbocycles. The van der Waals surface area contributed by atoms with E-state index in [0.29, 0.717) is 19.4 Å². The van der Waals surface area contributed by atoms with Gasteiger partial charge < -0.3 is 71.7 Å². The number of nitrogens with zero attached hydrogens (tertiary/aromatic N) is 2. The number of amides is 9. The van der Waals surface area contributed by atoms with Crippen LogP contribution in [0.25, 0.3) is 0 Å². The van der Waals surface area contributed by atoms with Crippen molar-refractivity contribution < 1.29 is 81.5 Å². The number of aliphatic carboxylic acids is 1. The first-order valence-corrected chi connectivity index (χ1v) is 39.4. The van der Waals surface area contributed by atoms with Gasteiger partial charge in [-0.2, -0.15) is 0 Å². The molecule has 27 heteroatoms. The summed E-state index contributed by atoms with van der Waals surface area (Å²) in [4.78, 5) is 138. The van der Waals surface area contributed by atoms with Gasteiger partial charge in [0.2, 0.25) is 29.5 Å². The van der Waals surface area contributed by atoms with Crippen LogP contribution in [0.1, 0.15) is 193 Å². The second-order valence-electron chi connectivity index (χ2n) is 31.4. The number of alkyl carbamates (subject to hydrolysis) is 2. The quantitative estimate of drug-likeness (QED) is 0.0239. The first kappa shape index (κ1) is 86.6. The summed E-state index contributed by atoms with van der Waals surface area (Å²) in [5.41, 5.74) is 14.6. The van der Waals surface area contributed by atoms with Crippen molar-refractivity contribution in [1.82, 2.24) is 47.0 Å². The van der Waals surface area contributed by atoms with E-state index in [4.69, 9.17) is 34.5 Å². The Labute approximate surface area is 666 Å². The van der Waals surface area contributed by atoms with E-state index < -0.39 is 71.5 Å². The number of aryl methyl sites for hydroxylation is 3. The molecule has 6 aliphatic rings. The summed E-state index contributed by atoms with van der Waals surface area (Å²) in [6.07, 6.45) is 8.93. The van der Waals surface area contributed by atoms with Crippen molar-refractivity contribution in [3.8, 4) is 0 Å². The van der Waals surface area contributed by atoms with E-state index in [0.717, 1.165) is 92.9 Å². The summed E-state index contributed by atoms with van der Waals surface area (Å²) < 4.78 is 26.1. The highest BCUT2D eigenvalue weighted by Crippen LogP contribution is 2.35. The predicted octanol–water partition coefficient (Wildman–Crippen LogP) is 11.1. The van der Waals surface area contributed by atoms with E-state index in [1.165, 1.54) is 37.6 Å². The fourth-order valence-corrected chi connectivity index (χ4v) is 14.7. The maximum absolute atomic E-state index is 13.5. The van der Waals surface area contributed by atoms with Crippen molar-refractivity contribution in [2.24, 2.45) is 11.7 Å². The average molecular weight is 1570 g/mol. The van der Waals surface area contributed by atoms with Crippen LogP contribution in [-0.4, -0.2) is 148 Å². The van der Waals surface area contributed by atoms with Crippen LogP contribution in [0.3, 0.4) is 0 Å². The van der Waals surface area contributed by atoms with Crippen molar-refractivity contribution in [2.75, 3.05) is 26.2 Å². The largest absolute Gasteiger partial charge is 0.481 e. The normalized spacial score (nSPS) is 20.4. The number of hydrogen-bond acceptors (Lipinski definition) is 17. The summed E-state index contributed by atoms with van der Waals surface area (Å²) in [6.45, 7) is 11.2. The molecule has 114 heavy (non-hydrogen) atoms. The maximum atomic E-state index is 13.5. The third-order valence-corrected chi connectivity index (χ3v) is 20.1. The number of hydrogen-bond donors (Lipinski definition) is 9. The molecule has 610 valence electrons. The van der Waals surface area contributed by atoms with E-state index in [1.54, 1.807) is 20.8 Å². The zero-order valence-electron chi connectivity index (χ0n) is 66.0. The molecule has 9 amide bonds. The third-order valence-electron chi connectivity index (χ3n) is 20.1. The average Bonchev–Trinajstić information content (AvgIpc) is 1.43. The van der Waals surface area contributed by atoms with Crippen LogP contribution < -0.4 is 43.0 Å². The number of rotatable bonds is 21. The van der Waals surface area contributed by atoms with Crippen LogP contribution in [-0.2, 0) is 96.3 Å². The standard InChI is InChI=1S/C30H38N4O6.C26H31N3O4.C20H29N3O3.C11H12O4/c1-30(2,3)40-29(38)34-18-22(32-26(35)17-31-28(37)39-19-20-10-5-4-6-11-20)16-25(34)27(36)33-24-15-9-13-21-12-7-8-14-23(21)24;30-24(16-27-26(32)33-17-18-7-2-1-3-8-18)28-21-14-13-20(15-21)25(31)29-23-12-6-10-19-9-4-5-11-22(19)23;1-20(2,3)26-19(25)23-12-14(21)11-17(23)18(24)22-16-10-6-8-13-7-4-5-9-15(13)16;12-10(13)6-7-11(14)15-8-9-4-2-1-3-5-9/h4-8,10-12,14,22,24-25H,9,13,15-19H2,1-3H3,(H,31,37)(H,32,35)(H,33,36);1-5,7-9,11,20-21,23H,6,10,12-17H2,(H,27,32)(H,28,30)(H,29,31);4-5,7,9,14,16-17H,6,8,10-12,21H2,1-3H3,(H,22,24);1-5H,6-8H2,(H,12,13)/t22-,24+,25-;20-,21+,23+;14-,16+,17-;/m000./s1. The van der Waals surface area contributed by atoms with Crippen LogP contribution in [0, 0.1) is 5.92 Å². The molecule has 0 bridgehead atoms. The topological polar surface area (TPSA) is 371 Å². The molecule has 27 nitrogen and oxygen atoms in total. The summed E-state index contributed by atoms with van der Waals surface area (Å²) in [6, 6.07) is 50.2. The Balaban J connectivity index is 0.000000182. The number of carboxylic acids is 1. The molecule has 1 saturated carbocycles. The molecule has 2 aliphatic heterocycles. The highest BCUT2D eigenvalue weighted by molar-refractivity contribution is 5.89. The Kier molecular flexibility index (Phi) is 32.3. The number of ether oxygens (including phenoxy) is 5. The maximum Gasteiger partial charge on any atom is 0.411 e. The number of esters is 1. The van der Waals surface area contributed by atoms with Gasteiger partial charge in [0.05, 0.1) is 31.0 Å². The fraction of sp³-hybridized carbons (Fsp3) is 0.460. The molecule has 6 aromatic rings. The smallest absolute Gasteiger partial charge is 0.411 e. The second-order valence-corrected chi connectivity index (χ2v) is 31.4. The van der Waals surface area contributed by atoms with Gasteiger partial charge in [0.1, 0.15) is 56.2 Å². The van der Waals surface area contributed by atoms with Crippen molar-refractivity contribution >= 4 is 65.8 Å². The molecule has 0 spiro atoms. The second kappa shape index (κ2) is 42.5. The van der Waals surface area contributed by atoms with Crippen molar-refractivity contribution in [1.29, 1.82) is 0 Å². The van der Waals surface area contributed by atoms with Gasteiger partial charge in [0.15, 0.2) is 0 Å². The SMILES string of the molecule is CC(C)(C)OC(=O)N1C[C@@H](N)C[C@H]1C(=O)N[C@@H]1CCCc2ccccc21.CC(C)(C)OC(=O)N1C[C@@H](NC(=O)CNC(=O)OCc2ccccc2)C[C@H]1C(=O)N[C@@H]1CCCc2ccccc21.O=C(CNC(=O)OCc1ccccc1)N[C@@H]1CC[C@H](C(=O)N[C@@H]2CCCc3ccccc32)C1.O=C(O)CCC(=O)OCc1ccccc1. The first-order valence-electron chi connectivity index (χ1n) is 39.4. The Morgan fingerprint density at radius 1 is 0.421 bits per heavy atom. The summed E-state index contributed by atoms with van der Waals surface area (Å²) in [5, 5.41) is 28.5. The molecule has 6 aromatic carbocycles. The Morgan fingerprint density at radius 3 is 1.22 bits per heavy atom. The molecular formula is C87H110N10O17. The number of fused-ring (bicyclic) bond motifs is 3. The molecule has 2 heterocycles. The first-order chi connectivity index (χ1) is 54.6. The lowest BCUT2D eigenvalue weighted by molar-refractivity contribution is -0.148. The van der Waals surface area contributed by atoms with E-state index in [-0.39, 0.29) is 118 Å². The van der Waals surface area contributed by atoms with Crippen LogP contribution in [0.15, 0.2) is 164 Å². The minimum atomic E-state index is -0.994. The zero-order chi connectivity index (χ0) is 81.7. The van der Waals surface area contributed by atoms with Gasteiger partial charge in [0, 0.05) is 37.1 Å². The number of benzene rings is 6. The molecular weight excluding hydrogens is 1460 g/mol. The summed E-state index contributed by atoms with van der Waals surface area (Å²) >= 11 is 0. The Bertz CT molecular complexity index is 4230. The predicted molar refractivity (Wildman–Crippen MR) is 425 cm³/mol. The molecule has 0 unspecified atom stereocenters. The van der Waals surface area contributed by atoms with E-state index in [1.807, 2.05) is 154 Å². The van der Waals surface area contributed by atoms with Gasteiger partial charge in [-0.3, -0.25) is 43.4 Å². The van der Waals surface area contributed by atoms with Crippen LogP contribution >= 0.6 is 0 Å². The molecule has 0 aromatic heterocycles. The lowest BCUT2D eigenvalue weighted by atomic mass is 9.87. The minimum absolute atomic E-state index is 0.00948. The fourth-order valence-electron chi connectivity index (χ4n) is 14.7. The van der Waals surface area contributed by atoms with Crippen LogP contribution in [0.2, 0.25) is 0 Å². The minimum Gasteiger partial charge on any atom is -0.481 e. The third kappa shape index (κ3) is 28.1. The van der Waals surface area contributed by atoms with E-state index >= 15 is 0 Å². The molecule has 12 rings (SSSR count). The summed E-state index contributed by atoms with van der Waals surface area (Å²) in [7, 11) is 0. The van der Waals surface area contributed by atoms with Gasteiger partial charge in [-0.1, -0.05) is 164 Å². The number of carboxylic acid groups (broad SMARTS) is 1.